The molecule has 0 saturated carbocycles. The summed E-state index contributed by atoms with van der Waals surface area (Å²) in [5.74, 6) is 0.665. The molecule has 21 heavy (non-hydrogen) atoms. The summed E-state index contributed by atoms with van der Waals surface area (Å²) in [7, 11) is 0. The third kappa shape index (κ3) is 3.28. The van der Waals surface area contributed by atoms with Crippen molar-refractivity contribution in [3.63, 3.8) is 0 Å². The van der Waals surface area contributed by atoms with Crippen LogP contribution in [0.2, 0.25) is 5.02 Å². The van der Waals surface area contributed by atoms with Crippen LogP contribution in [0.4, 0.5) is 0 Å². The number of aromatic nitrogens is 2. The highest BCUT2D eigenvalue weighted by molar-refractivity contribution is 7.98. The molecule has 0 spiro atoms. The Balaban J connectivity index is 1.88. The number of pyridine rings is 1. The molecule has 3 nitrogen and oxygen atoms in total. The minimum absolute atomic E-state index is 0.109. The predicted molar refractivity (Wildman–Crippen MR) is 87.2 cm³/mol. The molecule has 0 radical (unpaired) electrons. The van der Waals surface area contributed by atoms with E-state index in [0.29, 0.717) is 16.4 Å². The summed E-state index contributed by atoms with van der Waals surface area (Å²) in [5, 5.41) is 0.522. The minimum atomic E-state index is -0.109. The third-order valence-electron chi connectivity index (χ3n) is 3.05. The van der Waals surface area contributed by atoms with Gasteiger partial charge in [0.25, 0.3) is 5.56 Å². The quantitative estimate of drug-likeness (QED) is 0.686. The maximum Gasteiger partial charge on any atom is 0.258 e. The number of thioether (sulfide) groups is 1. The lowest BCUT2D eigenvalue weighted by atomic mass is 10.2. The van der Waals surface area contributed by atoms with Crippen LogP contribution >= 0.6 is 23.4 Å². The average Bonchev–Trinajstić information content (AvgIpc) is 2.46. The van der Waals surface area contributed by atoms with Crippen LogP contribution in [0.1, 0.15) is 11.3 Å². The summed E-state index contributed by atoms with van der Waals surface area (Å²) < 4.78 is 1.46. The van der Waals surface area contributed by atoms with Gasteiger partial charge in [-0.3, -0.25) is 9.20 Å². The average molecular weight is 317 g/mol. The summed E-state index contributed by atoms with van der Waals surface area (Å²) in [5.41, 5.74) is 2.50. The molecule has 0 amide bonds. The lowest BCUT2D eigenvalue weighted by molar-refractivity contribution is 1.01. The lowest BCUT2D eigenvalue weighted by Crippen LogP contribution is -2.14. The predicted octanol–water partition coefficient (Wildman–Crippen LogP) is 3.95. The third-order valence-corrected chi connectivity index (χ3v) is 4.30. The maximum absolute atomic E-state index is 12.1. The van der Waals surface area contributed by atoms with Crippen molar-refractivity contribution in [2.45, 2.75) is 17.6 Å². The van der Waals surface area contributed by atoms with Crippen molar-refractivity contribution < 1.29 is 0 Å². The van der Waals surface area contributed by atoms with Gasteiger partial charge in [0.2, 0.25) is 0 Å². The van der Waals surface area contributed by atoms with E-state index in [9.17, 15) is 4.79 Å². The standard InChI is InChI=1S/C16H13ClN2OS/c1-11-3-2-4-14(7-11)21-10-13-8-16(20)19-9-12(17)5-6-15(19)18-13/h2-9H,10H2,1H3. The molecule has 2 heterocycles. The van der Waals surface area contributed by atoms with Crippen molar-refractivity contribution in [3.05, 3.63) is 75.3 Å². The molecule has 0 N–H and O–H groups in total. The summed E-state index contributed by atoms with van der Waals surface area (Å²) in [6.45, 7) is 2.06. The molecule has 1 aromatic carbocycles. The Morgan fingerprint density at radius 2 is 2.10 bits per heavy atom. The second-order valence-corrected chi connectivity index (χ2v) is 6.25. The van der Waals surface area contributed by atoms with Crippen LogP contribution in [0, 0.1) is 6.92 Å². The molecular formula is C16H13ClN2OS. The van der Waals surface area contributed by atoms with E-state index in [1.165, 1.54) is 14.9 Å². The second-order valence-electron chi connectivity index (χ2n) is 4.77. The van der Waals surface area contributed by atoms with Crippen molar-refractivity contribution in [2.24, 2.45) is 0 Å². The SMILES string of the molecule is Cc1cccc(SCc2cc(=O)n3cc(Cl)ccc3n2)c1. The van der Waals surface area contributed by atoms with Gasteiger partial charge in [-0.1, -0.05) is 29.3 Å². The van der Waals surface area contributed by atoms with E-state index in [1.54, 1.807) is 36.2 Å². The van der Waals surface area contributed by atoms with Crippen molar-refractivity contribution in [1.29, 1.82) is 0 Å². The molecule has 0 fully saturated rings. The van der Waals surface area contributed by atoms with Gasteiger partial charge in [-0.2, -0.15) is 0 Å². The van der Waals surface area contributed by atoms with E-state index >= 15 is 0 Å². The van der Waals surface area contributed by atoms with Gasteiger partial charge in [-0.25, -0.2) is 4.98 Å². The molecule has 2 aromatic heterocycles. The van der Waals surface area contributed by atoms with Crippen LogP contribution in [-0.4, -0.2) is 9.38 Å². The highest BCUT2D eigenvalue weighted by Gasteiger charge is 2.04. The van der Waals surface area contributed by atoms with E-state index < -0.39 is 0 Å². The fourth-order valence-electron chi connectivity index (χ4n) is 2.06. The molecule has 0 unspecified atom stereocenters. The molecule has 0 bridgehead atoms. The first-order valence-electron chi connectivity index (χ1n) is 6.49. The van der Waals surface area contributed by atoms with Crippen LogP contribution in [0.5, 0.6) is 0 Å². The lowest BCUT2D eigenvalue weighted by Gasteiger charge is -2.05. The van der Waals surface area contributed by atoms with Crippen LogP contribution in [0.15, 0.2) is 58.4 Å². The number of hydrogen-bond donors (Lipinski definition) is 0. The summed E-state index contributed by atoms with van der Waals surface area (Å²) in [6.07, 6.45) is 1.59. The molecule has 0 aliphatic heterocycles. The zero-order valence-corrected chi connectivity index (χ0v) is 13.0. The van der Waals surface area contributed by atoms with Gasteiger partial charge in [0, 0.05) is 22.9 Å². The van der Waals surface area contributed by atoms with E-state index in [-0.39, 0.29) is 5.56 Å². The number of fused-ring (bicyclic) bond motifs is 1. The van der Waals surface area contributed by atoms with Crippen LogP contribution < -0.4 is 5.56 Å². The Bertz CT molecular complexity index is 860. The molecule has 0 saturated heterocycles. The Morgan fingerprint density at radius 1 is 1.24 bits per heavy atom. The zero-order valence-electron chi connectivity index (χ0n) is 11.4. The van der Waals surface area contributed by atoms with Gasteiger partial charge >= 0.3 is 0 Å². The minimum Gasteiger partial charge on any atom is -0.269 e. The topological polar surface area (TPSA) is 34.4 Å². The summed E-state index contributed by atoms with van der Waals surface area (Å²) in [6, 6.07) is 13.3. The van der Waals surface area contributed by atoms with Crippen molar-refractivity contribution in [3.8, 4) is 0 Å². The van der Waals surface area contributed by atoms with E-state index in [2.05, 4.69) is 30.1 Å². The first-order valence-corrected chi connectivity index (χ1v) is 7.85. The van der Waals surface area contributed by atoms with Gasteiger partial charge in [0.15, 0.2) is 0 Å². The van der Waals surface area contributed by atoms with E-state index in [4.69, 9.17) is 11.6 Å². The fraction of sp³-hybridized carbons (Fsp3) is 0.125. The number of rotatable bonds is 3. The number of benzene rings is 1. The normalized spacial score (nSPS) is 11.0. The number of aryl methyl sites for hydroxylation is 1. The van der Waals surface area contributed by atoms with Gasteiger partial charge in [-0.05, 0) is 31.2 Å². The van der Waals surface area contributed by atoms with Crippen molar-refractivity contribution in [2.75, 3.05) is 0 Å². The highest BCUT2D eigenvalue weighted by Crippen LogP contribution is 2.22. The van der Waals surface area contributed by atoms with Gasteiger partial charge < -0.3 is 0 Å². The highest BCUT2D eigenvalue weighted by atomic mass is 35.5. The molecule has 5 heteroatoms. The number of halogens is 1. The van der Waals surface area contributed by atoms with Gasteiger partial charge in [0.1, 0.15) is 5.65 Å². The molecule has 0 aliphatic carbocycles. The van der Waals surface area contributed by atoms with Crippen molar-refractivity contribution in [1.82, 2.24) is 9.38 Å². The van der Waals surface area contributed by atoms with Gasteiger partial charge in [-0.15, -0.1) is 11.8 Å². The number of hydrogen-bond acceptors (Lipinski definition) is 3. The monoisotopic (exact) mass is 316 g/mol. The second kappa shape index (κ2) is 5.92. The molecule has 0 atom stereocenters. The largest absolute Gasteiger partial charge is 0.269 e. The Hall–Kier alpha value is -1.78. The molecule has 106 valence electrons. The summed E-state index contributed by atoms with van der Waals surface area (Å²) in [4.78, 5) is 17.7. The molecule has 3 aromatic rings. The van der Waals surface area contributed by atoms with Crippen LogP contribution in [-0.2, 0) is 5.75 Å². The summed E-state index contributed by atoms with van der Waals surface area (Å²) >= 11 is 7.57. The van der Waals surface area contributed by atoms with Crippen LogP contribution in [0.25, 0.3) is 5.65 Å². The van der Waals surface area contributed by atoms with Crippen LogP contribution in [0.3, 0.4) is 0 Å². The zero-order chi connectivity index (χ0) is 14.8. The molecular weight excluding hydrogens is 304 g/mol. The Kier molecular flexibility index (Phi) is 3.99. The van der Waals surface area contributed by atoms with Gasteiger partial charge in [0.05, 0.1) is 10.7 Å². The number of nitrogens with zero attached hydrogens (tertiary/aromatic N) is 2. The molecule has 3 rings (SSSR count). The first-order chi connectivity index (χ1) is 10.1. The molecule has 0 aliphatic rings. The fourth-order valence-corrected chi connectivity index (χ4v) is 3.13. The van der Waals surface area contributed by atoms with E-state index in [0.717, 1.165) is 5.69 Å². The Labute approximate surface area is 131 Å². The first kappa shape index (κ1) is 14.2. The Morgan fingerprint density at radius 3 is 2.90 bits per heavy atom. The van der Waals surface area contributed by atoms with E-state index in [1.807, 2.05) is 6.07 Å². The maximum atomic E-state index is 12.1. The smallest absolute Gasteiger partial charge is 0.258 e. The van der Waals surface area contributed by atoms with Crippen molar-refractivity contribution >= 4 is 29.0 Å².